The first-order valence-corrected chi connectivity index (χ1v) is 13.5. The molecule has 2 aromatic rings. The number of likely N-dealkylation sites (tertiary alicyclic amines) is 1. The lowest BCUT2D eigenvalue weighted by atomic mass is 9.90. The summed E-state index contributed by atoms with van der Waals surface area (Å²) in [5.41, 5.74) is 7.45. The molecule has 1 unspecified atom stereocenters. The van der Waals surface area contributed by atoms with E-state index in [0.29, 0.717) is 30.2 Å². The van der Waals surface area contributed by atoms with E-state index in [1.165, 1.54) is 12.3 Å². The second kappa shape index (κ2) is 11.6. The molecular formula is C27H30Cl2N6O3. The van der Waals surface area contributed by atoms with E-state index in [0.717, 1.165) is 37.3 Å². The number of anilines is 2. The number of carbonyl (C=O) groups excluding carboxylic acids is 2. The van der Waals surface area contributed by atoms with Gasteiger partial charge >= 0.3 is 6.09 Å². The fraction of sp³-hybridized carbons (Fsp3) is 0.407. The van der Waals surface area contributed by atoms with Gasteiger partial charge in [0.2, 0.25) is 11.8 Å². The van der Waals surface area contributed by atoms with Crippen LogP contribution in [0.2, 0.25) is 5.02 Å². The molecule has 2 aliphatic heterocycles. The van der Waals surface area contributed by atoms with Crippen LogP contribution in [0.4, 0.5) is 16.3 Å². The van der Waals surface area contributed by atoms with E-state index in [-0.39, 0.29) is 35.0 Å². The van der Waals surface area contributed by atoms with Crippen molar-refractivity contribution in [2.45, 2.75) is 30.7 Å². The van der Waals surface area contributed by atoms with Gasteiger partial charge in [0.15, 0.2) is 0 Å². The number of hydrogen-bond donors (Lipinski definition) is 2. The molecule has 2 amide bonds. The number of ether oxygens (including phenoxy) is 1. The molecule has 9 nitrogen and oxygen atoms in total. The normalized spacial score (nSPS) is 23.7. The lowest BCUT2D eigenvalue weighted by molar-refractivity contribution is -0.135. The molecule has 200 valence electrons. The number of hydrogen-bond acceptors (Lipinski definition) is 7. The van der Waals surface area contributed by atoms with Crippen molar-refractivity contribution in [3.8, 4) is 5.88 Å². The van der Waals surface area contributed by atoms with Gasteiger partial charge in [-0.05, 0) is 43.0 Å². The van der Waals surface area contributed by atoms with Crippen LogP contribution in [0.5, 0.6) is 5.88 Å². The standard InChI is InChI=1S/C27H30Cl2N6O3/c28-19-3-1-17(2-4-19)22-15-35(16-23(22)33-27(37)38-25-8-5-20(29)13-32-25)26(36)18-9-11-34(12-10-18)24-7-6-21(30)14-31-24/h1-3,5-8,13-14,18-19,22-23H,4,9-12,15-16,30H2,(H,33,37)/t19?,22-,23+/m0/s1. The molecule has 38 heavy (non-hydrogen) atoms. The van der Waals surface area contributed by atoms with Crippen LogP contribution in [0, 0.1) is 11.8 Å². The van der Waals surface area contributed by atoms with Crippen LogP contribution in [0.3, 0.4) is 0 Å². The monoisotopic (exact) mass is 556 g/mol. The Balaban J connectivity index is 1.23. The summed E-state index contributed by atoms with van der Waals surface area (Å²) < 4.78 is 5.36. The molecule has 11 heteroatoms. The van der Waals surface area contributed by atoms with Crippen molar-refractivity contribution in [1.29, 1.82) is 0 Å². The Morgan fingerprint density at radius 3 is 2.55 bits per heavy atom. The number of nitrogens with zero attached hydrogens (tertiary/aromatic N) is 4. The van der Waals surface area contributed by atoms with Crippen molar-refractivity contribution in [2.75, 3.05) is 36.8 Å². The molecule has 5 rings (SSSR count). The van der Waals surface area contributed by atoms with Crippen LogP contribution in [-0.2, 0) is 4.79 Å². The summed E-state index contributed by atoms with van der Waals surface area (Å²) in [5, 5.41) is 3.36. The second-order valence-electron chi connectivity index (χ2n) is 9.83. The smallest absolute Gasteiger partial charge is 0.397 e. The third kappa shape index (κ3) is 6.22. The largest absolute Gasteiger partial charge is 0.414 e. The van der Waals surface area contributed by atoms with Crippen molar-refractivity contribution in [3.05, 3.63) is 65.5 Å². The molecular weight excluding hydrogens is 527 g/mol. The minimum Gasteiger partial charge on any atom is -0.397 e. The molecule has 2 saturated heterocycles. The molecule has 0 spiro atoms. The minimum absolute atomic E-state index is 0.0500. The number of piperidine rings is 1. The zero-order valence-corrected chi connectivity index (χ0v) is 22.3. The number of rotatable bonds is 5. The molecule has 0 radical (unpaired) electrons. The molecule has 2 fully saturated rings. The number of halogens is 2. The van der Waals surface area contributed by atoms with E-state index in [9.17, 15) is 9.59 Å². The summed E-state index contributed by atoms with van der Waals surface area (Å²) in [5.74, 6) is 1.00. The average molecular weight is 557 g/mol. The van der Waals surface area contributed by atoms with Gasteiger partial charge in [0, 0.05) is 50.3 Å². The van der Waals surface area contributed by atoms with Gasteiger partial charge < -0.3 is 25.6 Å². The molecule has 0 saturated carbocycles. The molecule has 1 aliphatic carbocycles. The number of nitrogen functional groups attached to an aromatic ring is 1. The van der Waals surface area contributed by atoms with Crippen molar-refractivity contribution in [2.24, 2.45) is 11.8 Å². The molecule has 3 atom stereocenters. The van der Waals surface area contributed by atoms with Gasteiger partial charge in [0.25, 0.3) is 0 Å². The fourth-order valence-corrected chi connectivity index (χ4v) is 5.52. The summed E-state index contributed by atoms with van der Waals surface area (Å²) in [6.07, 6.45) is 10.7. The van der Waals surface area contributed by atoms with Crippen LogP contribution < -0.4 is 20.7 Å². The van der Waals surface area contributed by atoms with E-state index < -0.39 is 6.09 Å². The predicted molar refractivity (Wildman–Crippen MR) is 147 cm³/mol. The molecule has 3 aliphatic rings. The predicted octanol–water partition coefficient (Wildman–Crippen LogP) is 4.04. The summed E-state index contributed by atoms with van der Waals surface area (Å²) in [4.78, 5) is 38.8. The Morgan fingerprint density at radius 2 is 1.89 bits per heavy atom. The number of allylic oxidation sites excluding steroid dienone is 3. The van der Waals surface area contributed by atoms with Gasteiger partial charge in [-0.25, -0.2) is 14.8 Å². The minimum atomic E-state index is -0.621. The summed E-state index contributed by atoms with van der Waals surface area (Å²) >= 11 is 12.1. The highest BCUT2D eigenvalue weighted by Crippen LogP contribution is 2.32. The van der Waals surface area contributed by atoms with Gasteiger partial charge in [0.1, 0.15) is 5.82 Å². The van der Waals surface area contributed by atoms with Crippen molar-refractivity contribution >= 4 is 46.7 Å². The summed E-state index contributed by atoms with van der Waals surface area (Å²) in [6.45, 7) is 2.42. The quantitative estimate of drug-likeness (QED) is 0.534. The van der Waals surface area contributed by atoms with Crippen LogP contribution in [0.1, 0.15) is 19.3 Å². The highest BCUT2D eigenvalue weighted by molar-refractivity contribution is 6.30. The van der Waals surface area contributed by atoms with Gasteiger partial charge in [-0.15, -0.1) is 11.6 Å². The fourth-order valence-electron chi connectivity index (χ4n) is 5.25. The Kier molecular flexibility index (Phi) is 8.04. The SMILES string of the molecule is Nc1ccc(N2CCC(C(=O)N3C[C@@H](NC(=O)Oc4ccc(Cl)cn4)[C@H](C4=CCC(Cl)C=C4)C3)CC2)nc1. The maximum absolute atomic E-state index is 13.6. The number of pyridine rings is 2. The van der Waals surface area contributed by atoms with Crippen LogP contribution >= 0.6 is 23.2 Å². The number of amides is 2. The number of aromatic nitrogens is 2. The third-order valence-corrected chi connectivity index (χ3v) is 7.82. The highest BCUT2D eigenvalue weighted by atomic mass is 35.5. The first-order chi connectivity index (χ1) is 18.4. The van der Waals surface area contributed by atoms with E-state index in [4.69, 9.17) is 33.7 Å². The second-order valence-corrected chi connectivity index (χ2v) is 10.8. The van der Waals surface area contributed by atoms with E-state index >= 15 is 0 Å². The number of carbonyl (C=O) groups is 2. The van der Waals surface area contributed by atoms with Crippen LogP contribution in [0.15, 0.2) is 60.5 Å². The van der Waals surface area contributed by atoms with Gasteiger partial charge in [-0.1, -0.05) is 29.8 Å². The summed E-state index contributed by atoms with van der Waals surface area (Å²) in [6, 6.07) is 6.58. The maximum atomic E-state index is 13.6. The highest BCUT2D eigenvalue weighted by Gasteiger charge is 2.40. The van der Waals surface area contributed by atoms with Crippen molar-refractivity contribution in [3.63, 3.8) is 0 Å². The van der Waals surface area contributed by atoms with Crippen LogP contribution in [-0.4, -0.2) is 64.5 Å². The van der Waals surface area contributed by atoms with Gasteiger partial charge in [0.05, 0.1) is 28.3 Å². The molecule has 0 bridgehead atoms. The zero-order valence-electron chi connectivity index (χ0n) is 20.8. The van der Waals surface area contributed by atoms with Crippen molar-refractivity contribution in [1.82, 2.24) is 20.2 Å². The van der Waals surface area contributed by atoms with E-state index in [1.807, 2.05) is 29.2 Å². The third-order valence-electron chi connectivity index (χ3n) is 7.28. The Morgan fingerprint density at radius 1 is 1.08 bits per heavy atom. The number of nitrogens with two attached hydrogens (primary N) is 1. The van der Waals surface area contributed by atoms with Crippen LogP contribution in [0.25, 0.3) is 0 Å². The van der Waals surface area contributed by atoms with Crippen molar-refractivity contribution < 1.29 is 14.3 Å². The lowest BCUT2D eigenvalue weighted by Gasteiger charge is -2.34. The topological polar surface area (TPSA) is 114 Å². The Hall–Kier alpha value is -3.30. The van der Waals surface area contributed by atoms with E-state index in [2.05, 4.69) is 26.3 Å². The number of alkyl halides is 1. The van der Waals surface area contributed by atoms with Gasteiger partial charge in [-0.2, -0.15) is 0 Å². The zero-order chi connectivity index (χ0) is 26.6. The summed E-state index contributed by atoms with van der Waals surface area (Å²) in [7, 11) is 0. The average Bonchev–Trinajstić information content (AvgIpc) is 3.34. The lowest BCUT2D eigenvalue weighted by Crippen LogP contribution is -2.44. The first-order valence-electron chi connectivity index (χ1n) is 12.7. The molecule has 3 N–H and O–H groups in total. The number of nitrogens with one attached hydrogen (secondary N) is 1. The molecule has 2 aromatic heterocycles. The maximum Gasteiger partial charge on any atom is 0.414 e. The molecule has 4 heterocycles. The van der Waals surface area contributed by atoms with E-state index in [1.54, 1.807) is 12.3 Å². The first kappa shape index (κ1) is 26.3. The Bertz CT molecular complexity index is 1210. The molecule has 0 aromatic carbocycles. The van der Waals surface area contributed by atoms with Gasteiger partial charge in [-0.3, -0.25) is 4.79 Å². The Labute approximate surface area is 231 Å².